The fourth-order valence-corrected chi connectivity index (χ4v) is 3.33. The number of nitrogens with two attached hydrogens (primary N) is 1. The first-order valence-corrected chi connectivity index (χ1v) is 9.53. The first-order chi connectivity index (χ1) is 13.1. The molecule has 0 radical (unpaired) electrons. The summed E-state index contributed by atoms with van der Waals surface area (Å²) in [7, 11) is -5.00. The van der Waals surface area contributed by atoms with E-state index in [2.05, 4.69) is 29.7 Å². The van der Waals surface area contributed by atoms with Crippen molar-refractivity contribution in [2.45, 2.75) is 37.5 Å². The van der Waals surface area contributed by atoms with Crippen molar-refractivity contribution in [1.82, 2.24) is 19.5 Å². The van der Waals surface area contributed by atoms with Crippen LogP contribution in [-0.4, -0.2) is 66.7 Å². The Bertz CT molecular complexity index is 922. The van der Waals surface area contributed by atoms with E-state index < -0.39 is 51.0 Å². The Morgan fingerprint density at radius 1 is 1.46 bits per heavy atom. The number of rotatable bonds is 6. The maximum atomic E-state index is 11.7. The molecule has 3 heterocycles. The number of aliphatic hydroxyl groups excluding tert-OH is 2. The van der Waals surface area contributed by atoms with E-state index >= 15 is 0 Å². The minimum absolute atomic E-state index is 0.116. The van der Waals surface area contributed by atoms with Gasteiger partial charge in [-0.05, 0) is 6.92 Å². The van der Waals surface area contributed by atoms with Gasteiger partial charge < -0.3 is 40.4 Å². The summed E-state index contributed by atoms with van der Waals surface area (Å²) >= 11 is 0. The molecule has 15 heteroatoms. The smallest absolute Gasteiger partial charge is 0.370 e. The predicted molar refractivity (Wildman–Crippen MR) is 87.7 cm³/mol. The zero-order chi connectivity index (χ0) is 20.6. The van der Waals surface area contributed by atoms with Crippen LogP contribution in [0.3, 0.4) is 0 Å². The minimum Gasteiger partial charge on any atom is -0.746 e. The van der Waals surface area contributed by atoms with E-state index in [1.807, 2.05) is 0 Å². The molecule has 154 valence electrons. The number of nitrogens with zero attached hydrogens (tertiary/aromatic N) is 4. The number of imidazole rings is 1. The third-order valence-corrected chi connectivity index (χ3v) is 4.87. The van der Waals surface area contributed by atoms with Crippen LogP contribution >= 0.6 is 7.82 Å². The van der Waals surface area contributed by atoms with Crippen molar-refractivity contribution in [2.24, 2.45) is 0 Å². The highest BCUT2D eigenvalue weighted by Crippen LogP contribution is 2.40. The molecular weight excluding hydrogens is 399 g/mol. The van der Waals surface area contributed by atoms with E-state index in [0.717, 1.165) is 0 Å². The molecule has 2 aromatic heterocycles. The molecule has 1 unspecified atom stereocenters. The third-order valence-electron chi connectivity index (χ3n) is 4.00. The molecule has 1 aliphatic rings. The lowest BCUT2D eigenvalue weighted by molar-refractivity contribution is -0.402. The van der Waals surface area contributed by atoms with Crippen LogP contribution in [0.2, 0.25) is 0 Å². The number of nitrogen functional groups attached to an aromatic ring is 1. The number of carbonyl (C=O) groups is 1. The van der Waals surface area contributed by atoms with Gasteiger partial charge in [-0.1, -0.05) is 0 Å². The lowest BCUT2D eigenvalue weighted by Crippen LogP contribution is -2.63. The highest BCUT2D eigenvalue weighted by Gasteiger charge is 2.45. The molecule has 0 spiro atoms. The molecule has 1 saturated heterocycles. The number of anilines is 1. The van der Waals surface area contributed by atoms with Crippen molar-refractivity contribution in [1.29, 1.82) is 0 Å². The van der Waals surface area contributed by atoms with Crippen LogP contribution in [0.15, 0.2) is 12.7 Å². The highest BCUT2D eigenvalue weighted by molar-refractivity contribution is 7.46. The van der Waals surface area contributed by atoms with E-state index in [9.17, 15) is 24.5 Å². The number of hydrogen-bond donors (Lipinski definition) is 4. The van der Waals surface area contributed by atoms with Gasteiger partial charge in [-0.15, -0.1) is 0 Å². The second-order valence-electron chi connectivity index (χ2n) is 6.18. The standard InChI is InChI=1S/C13H19N6O8P/c1-5(14)13(22)27-28(23,24)25-2-6-8(20)9(21)12(26-6)19-4-18-7-10(15)16-3-17-11(7)19/h3-6,8-9,12,20-21H,2,14H2,1H3,(H,23,24)(H2,15,16,17)/t5-,6+,8+,9+,12+/m0/s1. The van der Waals surface area contributed by atoms with Crippen molar-refractivity contribution >= 4 is 30.8 Å². The van der Waals surface area contributed by atoms with Gasteiger partial charge in [0.1, 0.15) is 30.2 Å². The Morgan fingerprint density at radius 3 is 2.86 bits per heavy atom. The van der Waals surface area contributed by atoms with Crippen LogP contribution in [0.25, 0.3) is 11.2 Å². The van der Waals surface area contributed by atoms with Gasteiger partial charge in [0.15, 0.2) is 23.7 Å². The molecule has 28 heavy (non-hydrogen) atoms. The lowest BCUT2D eigenvalue weighted by atomic mass is 10.1. The Hall–Kier alpha value is -2.19. The molecule has 3 rings (SSSR count). The molecule has 0 saturated carbocycles. The molecule has 0 bridgehead atoms. The van der Waals surface area contributed by atoms with Crippen LogP contribution in [0.5, 0.6) is 0 Å². The van der Waals surface area contributed by atoms with Gasteiger partial charge in [0.25, 0.3) is 0 Å². The molecule has 1 aliphatic heterocycles. The van der Waals surface area contributed by atoms with Crippen molar-refractivity contribution in [3.63, 3.8) is 0 Å². The topological polar surface area (TPSA) is 223 Å². The number of fused-ring (bicyclic) bond motifs is 1. The number of aromatic nitrogens is 4. The summed E-state index contributed by atoms with van der Waals surface area (Å²) < 4.78 is 27.3. The summed E-state index contributed by atoms with van der Waals surface area (Å²) in [5.74, 6) is -0.975. The van der Waals surface area contributed by atoms with Gasteiger partial charge in [0, 0.05) is 0 Å². The van der Waals surface area contributed by atoms with Crippen molar-refractivity contribution in [3.05, 3.63) is 12.7 Å². The summed E-state index contributed by atoms with van der Waals surface area (Å²) in [6.45, 7) is 0.650. The fourth-order valence-electron chi connectivity index (χ4n) is 2.54. The van der Waals surface area contributed by atoms with Crippen LogP contribution < -0.4 is 16.4 Å². The van der Waals surface area contributed by atoms with Crippen LogP contribution in [0.1, 0.15) is 13.2 Å². The number of phosphoric ester groups is 1. The SMILES string of the molecule is C[C@H]([NH3+])C(=O)OP(=O)([O-])OC[C@H]1O[C@@H](n2cnc3c(N)ncnc32)[C@H](O)[C@@H]1O. The van der Waals surface area contributed by atoms with Gasteiger partial charge in [-0.3, -0.25) is 9.13 Å². The molecule has 0 aromatic carbocycles. The molecule has 1 fully saturated rings. The van der Waals surface area contributed by atoms with E-state index in [4.69, 9.17) is 10.5 Å². The fraction of sp³-hybridized carbons (Fsp3) is 0.538. The molecule has 2 aromatic rings. The maximum Gasteiger partial charge on any atom is 0.370 e. The number of quaternary nitrogens is 1. The van der Waals surface area contributed by atoms with Gasteiger partial charge >= 0.3 is 13.8 Å². The number of hydrogen-bond acceptors (Lipinski definition) is 12. The number of aliphatic hydroxyl groups is 2. The van der Waals surface area contributed by atoms with Crippen molar-refractivity contribution in [2.75, 3.05) is 12.3 Å². The quantitative estimate of drug-likeness (QED) is 0.338. The Morgan fingerprint density at radius 2 is 2.18 bits per heavy atom. The average Bonchev–Trinajstić information content (AvgIpc) is 3.16. The second-order valence-corrected chi connectivity index (χ2v) is 7.52. The summed E-state index contributed by atoms with van der Waals surface area (Å²) in [5.41, 5.74) is 9.56. The molecule has 0 aliphatic carbocycles. The summed E-state index contributed by atoms with van der Waals surface area (Å²) in [5, 5.41) is 20.4. The summed E-state index contributed by atoms with van der Waals surface area (Å²) in [6, 6.07) is -0.922. The Labute approximate surface area is 157 Å². The van der Waals surface area contributed by atoms with Crippen molar-refractivity contribution < 1.29 is 44.0 Å². The number of carbonyl (C=O) groups excluding carboxylic acids is 1. The second kappa shape index (κ2) is 7.67. The van der Waals surface area contributed by atoms with E-state index in [0.29, 0.717) is 0 Å². The largest absolute Gasteiger partial charge is 0.746 e. The maximum absolute atomic E-state index is 11.7. The van der Waals surface area contributed by atoms with Gasteiger partial charge in [0.2, 0.25) is 0 Å². The van der Waals surface area contributed by atoms with E-state index in [1.165, 1.54) is 24.1 Å². The number of phosphoric acid groups is 1. The number of ether oxygens (including phenoxy) is 1. The highest BCUT2D eigenvalue weighted by atomic mass is 31.2. The molecule has 7 N–H and O–H groups in total. The van der Waals surface area contributed by atoms with Crippen LogP contribution in [-0.2, 0) is 23.1 Å². The third kappa shape index (κ3) is 3.98. The normalized spacial score (nSPS) is 28.2. The zero-order valence-corrected chi connectivity index (χ0v) is 15.5. The summed E-state index contributed by atoms with van der Waals surface area (Å²) in [6.07, 6.45) is -2.85. The van der Waals surface area contributed by atoms with Gasteiger partial charge in [-0.25, -0.2) is 19.7 Å². The first kappa shape index (κ1) is 20.5. The van der Waals surface area contributed by atoms with E-state index in [1.54, 1.807) is 0 Å². The van der Waals surface area contributed by atoms with Gasteiger partial charge in [-0.2, -0.15) is 0 Å². The zero-order valence-electron chi connectivity index (χ0n) is 14.6. The Balaban J connectivity index is 1.71. The lowest BCUT2D eigenvalue weighted by Gasteiger charge is -2.24. The average molecular weight is 418 g/mol. The Kier molecular flexibility index (Phi) is 5.63. The summed E-state index contributed by atoms with van der Waals surface area (Å²) in [4.78, 5) is 34.9. The van der Waals surface area contributed by atoms with Gasteiger partial charge in [0.05, 0.1) is 12.9 Å². The molecule has 6 atom stereocenters. The van der Waals surface area contributed by atoms with Crippen LogP contribution in [0.4, 0.5) is 5.82 Å². The van der Waals surface area contributed by atoms with Crippen molar-refractivity contribution in [3.8, 4) is 0 Å². The monoisotopic (exact) mass is 418 g/mol. The van der Waals surface area contributed by atoms with Crippen LogP contribution in [0, 0.1) is 0 Å². The predicted octanol–water partition coefficient (Wildman–Crippen LogP) is -3.31. The molecular formula is C13H19N6O8P. The first-order valence-electron chi connectivity index (χ1n) is 8.07. The van der Waals surface area contributed by atoms with E-state index in [-0.39, 0.29) is 17.0 Å². The molecule has 0 amide bonds. The molecule has 14 nitrogen and oxygen atoms in total. The minimum atomic E-state index is -5.00.